The van der Waals surface area contributed by atoms with Crippen molar-refractivity contribution in [3.8, 4) is 6.07 Å². The van der Waals surface area contributed by atoms with E-state index in [9.17, 15) is 4.39 Å². The molecule has 0 amide bonds. The van der Waals surface area contributed by atoms with Gasteiger partial charge in [0, 0.05) is 19.3 Å². The zero-order chi connectivity index (χ0) is 12.7. The number of aliphatic hydroxyl groups excluding tert-OH is 1. The van der Waals surface area contributed by atoms with Crippen LogP contribution in [0.1, 0.15) is 5.56 Å². The Morgan fingerprint density at radius 3 is 2.82 bits per heavy atom. The summed E-state index contributed by atoms with van der Waals surface area (Å²) in [6, 6.07) is 6.24. The summed E-state index contributed by atoms with van der Waals surface area (Å²) in [5, 5.41) is 17.1. The van der Waals surface area contributed by atoms with Crippen LogP contribution in [0.2, 0.25) is 0 Å². The standard InChI is InChI=1S/C12H15FN2O2/c1-15(4-6-17-7-5-16)11-3-2-10(9-14)12(13)8-11/h2-3,8,16H,4-7H2,1H3. The van der Waals surface area contributed by atoms with Gasteiger partial charge in [-0.2, -0.15) is 5.26 Å². The van der Waals surface area contributed by atoms with Crippen molar-refractivity contribution >= 4 is 5.69 Å². The molecule has 0 aliphatic heterocycles. The molecule has 0 aliphatic carbocycles. The molecule has 0 saturated carbocycles. The van der Waals surface area contributed by atoms with Crippen molar-refractivity contribution in [1.82, 2.24) is 0 Å². The Morgan fingerprint density at radius 2 is 2.24 bits per heavy atom. The molecule has 1 N–H and O–H groups in total. The van der Waals surface area contributed by atoms with Crippen molar-refractivity contribution in [2.24, 2.45) is 0 Å². The molecule has 0 fully saturated rings. The van der Waals surface area contributed by atoms with Crippen LogP contribution in [-0.2, 0) is 4.74 Å². The quantitative estimate of drug-likeness (QED) is 0.755. The second-order valence-electron chi connectivity index (χ2n) is 3.53. The average molecular weight is 238 g/mol. The van der Waals surface area contributed by atoms with Crippen LogP contribution in [0.15, 0.2) is 18.2 Å². The van der Waals surface area contributed by atoms with Crippen molar-refractivity contribution in [2.75, 3.05) is 38.3 Å². The van der Waals surface area contributed by atoms with E-state index in [0.29, 0.717) is 25.4 Å². The van der Waals surface area contributed by atoms with Crippen LogP contribution in [0, 0.1) is 17.1 Å². The number of ether oxygens (including phenoxy) is 1. The summed E-state index contributed by atoms with van der Waals surface area (Å²) in [4.78, 5) is 1.82. The fourth-order valence-electron chi connectivity index (χ4n) is 1.33. The van der Waals surface area contributed by atoms with Crippen LogP contribution in [0.25, 0.3) is 0 Å². The Morgan fingerprint density at radius 1 is 1.47 bits per heavy atom. The highest BCUT2D eigenvalue weighted by molar-refractivity contribution is 5.49. The second-order valence-corrected chi connectivity index (χ2v) is 3.53. The topological polar surface area (TPSA) is 56.5 Å². The molecule has 0 aromatic heterocycles. The van der Waals surface area contributed by atoms with E-state index in [2.05, 4.69) is 0 Å². The Labute approximate surface area is 99.8 Å². The molecule has 1 aromatic carbocycles. The van der Waals surface area contributed by atoms with Gasteiger partial charge in [-0.15, -0.1) is 0 Å². The number of halogens is 1. The van der Waals surface area contributed by atoms with Gasteiger partial charge in [0.15, 0.2) is 0 Å². The number of benzene rings is 1. The molecule has 0 saturated heterocycles. The monoisotopic (exact) mass is 238 g/mol. The van der Waals surface area contributed by atoms with Crippen LogP contribution < -0.4 is 4.90 Å². The fraction of sp³-hybridized carbons (Fsp3) is 0.417. The minimum Gasteiger partial charge on any atom is -0.394 e. The van der Waals surface area contributed by atoms with E-state index in [4.69, 9.17) is 15.1 Å². The van der Waals surface area contributed by atoms with Gasteiger partial charge in [-0.3, -0.25) is 0 Å². The summed E-state index contributed by atoms with van der Waals surface area (Å²) in [6.45, 7) is 1.34. The van der Waals surface area contributed by atoms with Crippen LogP contribution in [0.4, 0.5) is 10.1 Å². The molecule has 4 nitrogen and oxygen atoms in total. The first kappa shape index (κ1) is 13.4. The Balaban J connectivity index is 2.55. The molecule has 0 atom stereocenters. The van der Waals surface area contributed by atoms with Crippen molar-refractivity contribution in [1.29, 1.82) is 5.26 Å². The molecule has 0 unspecified atom stereocenters. The number of hydrogen-bond donors (Lipinski definition) is 1. The summed E-state index contributed by atoms with van der Waals surface area (Å²) < 4.78 is 18.5. The van der Waals surface area contributed by atoms with Gasteiger partial charge in [0.05, 0.1) is 25.4 Å². The van der Waals surface area contributed by atoms with E-state index in [1.807, 2.05) is 11.9 Å². The average Bonchev–Trinajstić information content (AvgIpc) is 2.34. The molecule has 0 spiro atoms. The van der Waals surface area contributed by atoms with Crippen molar-refractivity contribution in [3.05, 3.63) is 29.6 Å². The van der Waals surface area contributed by atoms with Gasteiger partial charge >= 0.3 is 0 Å². The van der Waals surface area contributed by atoms with Gasteiger partial charge in [-0.05, 0) is 18.2 Å². The van der Waals surface area contributed by atoms with E-state index in [0.717, 1.165) is 0 Å². The molecule has 0 aliphatic rings. The number of nitrogens with zero attached hydrogens (tertiary/aromatic N) is 2. The normalized spacial score (nSPS) is 10.0. The molecule has 0 radical (unpaired) electrons. The molecule has 17 heavy (non-hydrogen) atoms. The van der Waals surface area contributed by atoms with E-state index in [1.54, 1.807) is 12.1 Å². The van der Waals surface area contributed by atoms with Gasteiger partial charge in [-0.1, -0.05) is 0 Å². The Bertz CT molecular complexity index is 404. The molecule has 92 valence electrons. The van der Waals surface area contributed by atoms with E-state index in [1.165, 1.54) is 12.1 Å². The van der Waals surface area contributed by atoms with Crippen molar-refractivity contribution in [3.63, 3.8) is 0 Å². The summed E-state index contributed by atoms with van der Waals surface area (Å²) in [7, 11) is 1.81. The van der Waals surface area contributed by atoms with Crippen LogP contribution >= 0.6 is 0 Å². The SMILES string of the molecule is CN(CCOCCO)c1ccc(C#N)c(F)c1. The predicted octanol–water partition coefficient (Wildman–Crippen LogP) is 1.14. The lowest BCUT2D eigenvalue weighted by molar-refractivity contribution is 0.0971. The lowest BCUT2D eigenvalue weighted by Crippen LogP contribution is -2.23. The van der Waals surface area contributed by atoms with E-state index >= 15 is 0 Å². The van der Waals surface area contributed by atoms with E-state index in [-0.39, 0.29) is 12.2 Å². The third-order valence-corrected chi connectivity index (χ3v) is 2.32. The van der Waals surface area contributed by atoms with Crippen molar-refractivity contribution in [2.45, 2.75) is 0 Å². The minimum absolute atomic E-state index is 0.00475. The number of likely N-dealkylation sites (N-methyl/N-ethyl adjacent to an activating group) is 1. The van der Waals surface area contributed by atoms with Crippen LogP contribution in [0.3, 0.4) is 0 Å². The molecule has 0 bridgehead atoms. The van der Waals surface area contributed by atoms with Crippen LogP contribution in [-0.4, -0.2) is 38.5 Å². The molecule has 0 heterocycles. The molecular formula is C12H15FN2O2. The van der Waals surface area contributed by atoms with Gasteiger partial charge in [0.2, 0.25) is 0 Å². The number of aliphatic hydroxyl groups is 1. The lowest BCUT2D eigenvalue weighted by atomic mass is 10.2. The first-order valence-electron chi connectivity index (χ1n) is 5.28. The highest BCUT2D eigenvalue weighted by atomic mass is 19.1. The summed E-state index contributed by atoms with van der Waals surface area (Å²) in [5.41, 5.74) is 0.729. The number of anilines is 1. The number of hydrogen-bond acceptors (Lipinski definition) is 4. The third kappa shape index (κ3) is 4.02. The summed E-state index contributed by atoms with van der Waals surface area (Å²) >= 11 is 0. The van der Waals surface area contributed by atoms with Gasteiger partial charge in [0.1, 0.15) is 11.9 Å². The molecule has 1 rings (SSSR count). The smallest absolute Gasteiger partial charge is 0.143 e. The zero-order valence-electron chi connectivity index (χ0n) is 9.69. The summed E-state index contributed by atoms with van der Waals surface area (Å²) in [6.07, 6.45) is 0. The molecule has 1 aromatic rings. The van der Waals surface area contributed by atoms with Gasteiger partial charge < -0.3 is 14.7 Å². The van der Waals surface area contributed by atoms with Gasteiger partial charge in [-0.25, -0.2) is 4.39 Å². The van der Waals surface area contributed by atoms with Gasteiger partial charge in [0.25, 0.3) is 0 Å². The number of rotatable bonds is 6. The maximum atomic E-state index is 13.3. The fourth-order valence-corrected chi connectivity index (χ4v) is 1.33. The first-order valence-corrected chi connectivity index (χ1v) is 5.28. The van der Waals surface area contributed by atoms with Crippen LogP contribution in [0.5, 0.6) is 0 Å². The minimum atomic E-state index is -0.520. The first-order chi connectivity index (χ1) is 8.19. The van der Waals surface area contributed by atoms with Crippen molar-refractivity contribution < 1.29 is 14.2 Å². The highest BCUT2D eigenvalue weighted by Gasteiger charge is 2.06. The zero-order valence-corrected chi connectivity index (χ0v) is 9.69. The maximum Gasteiger partial charge on any atom is 0.143 e. The number of nitriles is 1. The third-order valence-electron chi connectivity index (χ3n) is 2.32. The lowest BCUT2D eigenvalue weighted by Gasteiger charge is -2.19. The second kappa shape index (κ2) is 6.84. The van der Waals surface area contributed by atoms with E-state index < -0.39 is 5.82 Å². The Hall–Kier alpha value is -1.64. The predicted molar refractivity (Wildman–Crippen MR) is 62.3 cm³/mol. The summed E-state index contributed by atoms with van der Waals surface area (Å²) in [5.74, 6) is -0.520. The molecule has 5 heteroatoms. The highest BCUT2D eigenvalue weighted by Crippen LogP contribution is 2.16. The molecular weight excluding hydrogens is 223 g/mol. The maximum absolute atomic E-state index is 13.3. The largest absolute Gasteiger partial charge is 0.394 e. The Kier molecular flexibility index (Phi) is 5.40.